The molecule has 0 saturated carbocycles. The third kappa shape index (κ3) is 2.83. The highest BCUT2D eigenvalue weighted by molar-refractivity contribution is 6.32. The van der Waals surface area contributed by atoms with Gasteiger partial charge in [-0.1, -0.05) is 17.7 Å². The molecule has 4 nitrogen and oxygen atoms in total. The highest BCUT2D eigenvalue weighted by Crippen LogP contribution is 2.31. The maximum atomic E-state index is 6.21. The minimum absolute atomic E-state index is 0.259. The summed E-state index contributed by atoms with van der Waals surface area (Å²) >= 11 is 6.21. The first-order valence-electron chi connectivity index (χ1n) is 5.73. The lowest BCUT2D eigenvalue weighted by atomic mass is 10.1. The Morgan fingerprint density at radius 2 is 2.22 bits per heavy atom. The van der Waals surface area contributed by atoms with Gasteiger partial charge in [0, 0.05) is 13.1 Å². The summed E-state index contributed by atoms with van der Waals surface area (Å²) in [5, 5.41) is 7.80. The second-order valence-corrected chi connectivity index (χ2v) is 4.56. The lowest BCUT2D eigenvalue weighted by molar-refractivity contribution is 0.481. The number of rotatable bonds is 4. The second kappa shape index (κ2) is 5.42. The summed E-state index contributed by atoms with van der Waals surface area (Å²) in [5.74, 6) is 1.31. The molecule has 0 fully saturated rings. The molecule has 0 spiro atoms. The molecule has 0 amide bonds. The summed E-state index contributed by atoms with van der Waals surface area (Å²) < 4.78 is 7.34. The van der Waals surface area contributed by atoms with Gasteiger partial charge in [-0.3, -0.25) is 4.68 Å². The summed E-state index contributed by atoms with van der Waals surface area (Å²) in [6, 6.07) is 6.04. The van der Waals surface area contributed by atoms with Crippen molar-refractivity contribution in [3.8, 4) is 11.5 Å². The molecule has 0 saturated heterocycles. The van der Waals surface area contributed by atoms with Crippen LogP contribution in [0.2, 0.25) is 5.02 Å². The van der Waals surface area contributed by atoms with Crippen molar-refractivity contribution in [3.05, 3.63) is 41.2 Å². The number of hydrogen-bond donors (Lipinski definition) is 1. The first kappa shape index (κ1) is 12.9. The predicted octanol–water partition coefficient (Wildman–Crippen LogP) is 3.15. The molecule has 1 aromatic heterocycles. The Kier molecular flexibility index (Phi) is 3.89. The van der Waals surface area contributed by atoms with Crippen LogP contribution in [0.15, 0.2) is 30.6 Å². The molecule has 1 atom stereocenters. The average molecular weight is 266 g/mol. The molecule has 5 heteroatoms. The zero-order valence-electron chi connectivity index (χ0n) is 10.6. The molecule has 0 radical (unpaired) electrons. The van der Waals surface area contributed by atoms with Gasteiger partial charge < -0.3 is 10.1 Å². The molecular formula is C13H16ClN3O. The van der Waals surface area contributed by atoms with Gasteiger partial charge in [0.1, 0.15) is 5.75 Å². The molecule has 1 N–H and O–H groups in total. The first-order valence-corrected chi connectivity index (χ1v) is 6.11. The van der Waals surface area contributed by atoms with E-state index >= 15 is 0 Å². The number of benzene rings is 1. The molecule has 2 aromatic rings. The molecule has 1 unspecified atom stereocenters. The Balaban J connectivity index is 2.19. The van der Waals surface area contributed by atoms with Gasteiger partial charge in [0.15, 0.2) is 5.75 Å². The van der Waals surface area contributed by atoms with E-state index in [0.29, 0.717) is 16.5 Å². The number of hydrogen-bond acceptors (Lipinski definition) is 3. The lowest BCUT2D eigenvalue weighted by Crippen LogP contribution is -2.12. The number of aromatic nitrogens is 2. The van der Waals surface area contributed by atoms with E-state index < -0.39 is 0 Å². The van der Waals surface area contributed by atoms with Gasteiger partial charge in [0.25, 0.3) is 0 Å². The zero-order valence-corrected chi connectivity index (χ0v) is 11.4. The second-order valence-electron chi connectivity index (χ2n) is 4.15. The van der Waals surface area contributed by atoms with Crippen molar-refractivity contribution in [2.45, 2.75) is 13.0 Å². The number of nitrogens with one attached hydrogen (secondary N) is 1. The highest BCUT2D eigenvalue weighted by Gasteiger charge is 2.08. The fourth-order valence-electron chi connectivity index (χ4n) is 1.61. The molecule has 0 bridgehead atoms. The summed E-state index contributed by atoms with van der Waals surface area (Å²) in [4.78, 5) is 0. The van der Waals surface area contributed by atoms with Crippen molar-refractivity contribution in [2.24, 2.45) is 7.05 Å². The number of ether oxygens (including phenoxy) is 1. The Labute approximate surface area is 112 Å². The highest BCUT2D eigenvalue weighted by atomic mass is 35.5. The molecule has 1 heterocycles. The molecule has 0 aliphatic carbocycles. The summed E-state index contributed by atoms with van der Waals surface area (Å²) in [6.45, 7) is 2.08. The van der Waals surface area contributed by atoms with Crippen molar-refractivity contribution in [1.82, 2.24) is 15.1 Å². The Hall–Kier alpha value is -1.52. The smallest absolute Gasteiger partial charge is 0.165 e. The van der Waals surface area contributed by atoms with E-state index in [1.807, 2.05) is 32.3 Å². The van der Waals surface area contributed by atoms with Crippen molar-refractivity contribution in [2.75, 3.05) is 7.05 Å². The van der Waals surface area contributed by atoms with Crippen molar-refractivity contribution in [1.29, 1.82) is 0 Å². The molecule has 18 heavy (non-hydrogen) atoms. The van der Waals surface area contributed by atoms with Crippen LogP contribution in [0.3, 0.4) is 0 Å². The van der Waals surface area contributed by atoms with E-state index in [2.05, 4.69) is 17.3 Å². The third-order valence-corrected chi connectivity index (χ3v) is 3.09. The van der Waals surface area contributed by atoms with Crippen molar-refractivity contribution >= 4 is 11.6 Å². The van der Waals surface area contributed by atoms with Gasteiger partial charge in [0.2, 0.25) is 0 Å². The summed E-state index contributed by atoms with van der Waals surface area (Å²) in [7, 11) is 3.75. The maximum Gasteiger partial charge on any atom is 0.165 e. The average Bonchev–Trinajstić information content (AvgIpc) is 2.76. The van der Waals surface area contributed by atoms with Gasteiger partial charge in [-0.05, 0) is 31.7 Å². The Morgan fingerprint density at radius 3 is 2.78 bits per heavy atom. The molecule has 1 aromatic carbocycles. The SMILES string of the molecule is CNC(C)c1ccc(Oc2cnn(C)c2)c(Cl)c1. The number of nitrogens with zero attached hydrogens (tertiary/aromatic N) is 2. The van der Waals surface area contributed by atoms with Crippen LogP contribution in [0.25, 0.3) is 0 Å². The molecule has 96 valence electrons. The van der Waals surface area contributed by atoms with Crippen LogP contribution < -0.4 is 10.1 Å². The molecule has 2 rings (SSSR count). The van der Waals surface area contributed by atoms with Gasteiger partial charge in [-0.25, -0.2) is 0 Å². The number of halogens is 1. The van der Waals surface area contributed by atoms with Crippen LogP contribution in [-0.2, 0) is 7.05 Å². The molecule has 0 aliphatic heterocycles. The van der Waals surface area contributed by atoms with E-state index in [9.17, 15) is 0 Å². The van der Waals surface area contributed by atoms with Crippen LogP contribution in [0.1, 0.15) is 18.5 Å². The minimum atomic E-state index is 0.259. The van der Waals surface area contributed by atoms with Gasteiger partial charge in [0.05, 0.1) is 17.4 Å². The third-order valence-electron chi connectivity index (χ3n) is 2.80. The van der Waals surface area contributed by atoms with Crippen LogP contribution in [-0.4, -0.2) is 16.8 Å². The minimum Gasteiger partial charge on any atom is -0.452 e. The predicted molar refractivity (Wildman–Crippen MR) is 72.2 cm³/mol. The molecular weight excluding hydrogens is 250 g/mol. The fourth-order valence-corrected chi connectivity index (χ4v) is 1.84. The monoisotopic (exact) mass is 265 g/mol. The van der Waals surface area contributed by atoms with Crippen LogP contribution in [0, 0.1) is 0 Å². The standard InChI is InChI=1S/C13H16ClN3O/c1-9(15-2)10-4-5-13(12(14)6-10)18-11-7-16-17(3)8-11/h4-9,15H,1-3H3. The van der Waals surface area contributed by atoms with Crippen LogP contribution in [0.5, 0.6) is 11.5 Å². The quantitative estimate of drug-likeness (QED) is 0.923. The van der Waals surface area contributed by atoms with Crippen molar-refractivity contribution < 1.29 is 4.74 Å². The normalized spacial score (nSPS) is 12.4. The van der Waals surface area contributed by atoms with Gasteiger partial charge >= 0.3 is 0 Å². The van der Waals surface area contributed by atoms with Crippen LogP contribution in [0.4, 0.5) is 0 Å². The van der Waals surface area contributed by atoms with E-state index in [0.717, 1.165) is 5.56 Å². The zero-order chi connectivity index (χ0) is 13.1. The van der Waals surface area contributed by atoms with Gasteiger partial charge in [-0.15, -0.1) is 0 Å². The van der Waals surface area contributed by atoms with E-state index in [-0.39, 0.29) is 6.04 Å². The number of aryl methyl sites for hydroxylation is 1. The Morgan fingerprint density at radius 1 is 1.44 bits per heavy atom. The molecule has 0 aliphatic rings. The van der Waals surface area contributed by atoms with Crippen LogP contribution >= 0.6 is 11.6 Å². The topological polar surface area (TPSA) is 39.1 Å². The lowest BCUT2D eigenvalue weighted by Gasteiger charge is -2.12. The van der Waals surface area contributed by atoms with Gasteiger partial charge in [-0.2, -0.15) is 5.10 Å². The van der Waals surface area contributed by atoms with E-state index in [1.54, 1.807) is 17.1 Å². The Bertz CT molecular complexity index is 539. The maximum absolute atomic E-state index is 6.21. The van der Waals surface area contributed by atoms with E-state index in [4.69, 9.17) is 16.3 Å². The van der Waals surface area contributed by atoms with Crippen molar-refractivity contribution in [3.63, 3.8) is 0 Å². The summed E-state index contributed by atoms with van der Waals surface area (Å²) in [5.41, 5.74) is 1.13. The summed E-state index contributed by atoms with van der Waals surface area (Å²) in [6.07, 6.45) is 3.45. The largest absolute Gasteiger partial charge is 0.452 e. The van der Waals surface area contributed by atoms with E-state index in [1.165, 1.54) is 0 Å². The first-order chi connectivity index (χ1) is 8.60. The fraction of sp³-hybridized carbons (Fsp3) is 0.308.